The number of ketones is 1. The van der Waals surface area contributed by atoms with Gasteiger partial charge in [0, 0.05) is 12.1 Å². The fourth-order valence-electron chi connectivity index (χ4n) is 3.11. The number of benzene rings is 1. The van der Waals surface area contributed by atoms with Crippen molar-refractivity contribution in [3.05, 3.63) is 56.9 Å². The average molecular weight is 449 g/mol. The third kappa shape index (κ3) is 4.58. The Hall–Kier alpha value is -3.83. The van der Waals surface area contributed by atoms with E-state index in [9.17, 15) is 28.1 Å². The van der Waals surface area contributed by atoms with Crippen molar-refractivity contribution in [2.24, 2.45) is 0 Å². The third-order valence-corrected chi connectivity index (χ3v) is 4.67. The summed E-state index contributed by atoms with van der Waals surface area (Å²) in [4.78, 5) is 35.0. The lowest BCUT2D eigenvalue weighted by Crippen LogP contribution is -2.13. The SMILES string of the molecule is COc1nc2nc(C)nc(N[C@H](C)c3cc([N+](=O)[O-])cc(C(F)(F)F)c3)c2cc1C(C)=O. The number of anilines is 1. The van der Waals surface area contributed by atoms with Crippen LogP contribution in [0.15, 0.2) is 24.3 Å². The summed E-state index contributed by atoms with van der Waals surface area (Å²) in [5, 5.41) is 14.4. The van der Waals surface area contributed by atoms with Crippen LogP contribution in [0.1, 0.15) is 47.2 Å². The zero-order valence-corrected chi connectivity index (χ0v) is 17.4. The molecular formula is C20H18F3N5O4. The van der Waals surface area contributed by atoms with Crippen LogP contribution in [-0.2, 0) is 6.18 Å². The molecule has 0 bridgehead atoms. The second kappa shape index (κ2) is 8.36. The lowest BCUT2D eigenvalue weighted by molar-refractivity contribution is -0.385. The number of nitro benzene ring substituents is 1. The minimum Gasteiger partial charge on any atom is -0.480 e. The van der Waals surface area contributed by atoms with Crippen molar-refractivity contribution in [1.82, 2.24) is 15.0 Å². The van der Waals surface area contributed by atoms with E-state index in [4.69, 9.17) is 4.74 Å². The number of ether oxygens (including phenoxy) is 1. The van der Waals surface area contributed by atoms with Gasteiger partial charge in [-0.3, -0.25) is 14.9 Å². The number of nitrogens with zero attached hydrogens (tertiary/aromatic N) is 4. The number of aromatic nitrogens is 3. The number of halogens is 3. The molecule has 3 aromatic rings. The number of nitro groups is 1. The molecule has 0 aliphatic heterocycles. The summed E-state index contributed by atoms with van der Waals surface area (Å²) < 4.78 is 44.9. The maximum absolute atomic E-state index is 13.2. The quantitative estimate of drug-likeness (QED) is 0.328. The highest BCUT2D eigenvalue weighted by atomic mass is 19.4. The number of fused-ring (bicyclic) bond motifs is 1. The number of methoxy groups -OCH3 is 1. The first-order valence-electron chi connectivity index (χ1n) is 9.28. The Bertz CT molecular complexity index is 1230. The molecule has 0 amide bonds. The van der Waals surface area contributed by atoms with Gasteiger partial charge in [-0.2, -0.15) is 18.2 Å². The Balaban J connectivity index is 2.11. The summed E-state index contributed by atoms with van der Waals surface area (Å²) in [5.41, 5.74) is -1.40. The highest BCUT2D eigenvalue weighted by Crippen LogP contribution is 2.35. The molecule has 9 nitrogen and oxygen atoms in total. The van der Waals surface area contributed by atoms with Gasteiger partial charge in [-0.05, 0) is 38.5 Å². The van der Waals surface area contributed by atoms with Crippen molar-refractivity contribution in [2.75, 3.05) is 12.4 Å². The van der Waals surface area contributed by atoms with Crippen molar-refractivity contribution in [3.63, 3.8) is 0 Å². The van der Waals surface area contributed by atoms with E-state index in [1.807, 2.05) is 0 Å². The number of rotatable bonds is 6. The van der Waals surface area contributed by atoms with Crippen LogP contribution in [0.5, 0.6) is 5.88 Å². The molecule has 1 N–H and O–H groups in total. The molecule has 0 spiro atoms. The number of non-ortho nitro benzene ring substituents is 1. The van der Waals surface area contributed by atoms with E-state index in [2.05, 4.69) is 20.3 Å². The molecule has 2 heterocycles. The van der Waals surface area contributed by atoms with Gasteiger partial charge in [-0.1, -0.05) is 0 Å². The summed E-state index contributed by atoms with van der Waals surface area (Å²) in [6, 6.07) is 3.05. The fourth-order valence-corrected chi connectivity index (χ4v) is 3.11. The third-order valence-electron chi connectivity index (χ3n) is 4.67. The van der Waals surface area contributed by atoms with Crippen LogP contribution in [0, 0.1) is 17.0 Å². The molecule has 12 heteroatoms. The first-order valence-corrected chi connectivity index (χ1v) is 9.28. The standard InChI is InChI=1S/C20H18F3N5O4/c1-9(12-5-13(20(21,22)23)7-14(6-12)28(30)31)24-17-16-8-15(10(2)29)19(32-4)27-18(16)26-11(3)25-17/h5-9H,1-4H3,(H,24,25,26,27)/t9-/m1/s1. The van der Waals surface area contributed by atoms with E-state index in [1.54, 1.807) is 6.92 Å². The van der Waals surface area contributed by atoms with E-state index in [0.717, 1.165) is 12.1 Å². The Labute approximate surface area is 179 Å². The van der Waals surface area contributed by atoms with Gasteiger partial charge in [0.1, 0.15) is 11.6 Å². The molecule has 0 fully saturated rings. The number of alkyl halides is 3. The maximum Gasteiger partial charge on any atom is 0.416 e. The summed E-state index contributed by atoms with van der Waals surface area (Å²) in [7, 11) is 1.36. The van der Waals surface area contributed by atoms with Crippen LogP contribution in [0.4, 0.5) is 24.7 Å². The lowest BCUT2D eigenvalue weighted by Gasteiger charge is -2.18. The predicted octanol–water partition coefficient (Wildman–Crippen LogP) is 4.64. The molecule has 32 heavy (non-hydrogen) atoms. The van der Waals surface area contributed by atoms with Gasteiger partial charge >= 0.3 is 6.18 Å². The number of carbonyl (C=O) groups is 1. The number of nitrogens with one attached hydrogen (secondary N) is 1. The molecule has 2 aromatic heterocycles. The highest BCUT2D eigenvalue weighted by molar-refractivity contribution is 6.01. The maximum atomic E-state index is 13.2. The Kier molecular flexibility index (Phi) is 5.97. The molecule has 168 valence electrons. The molecule has 0 aliphatic carbocycles. The van der Waals surface area contributed by atoms with Crippen molar-refractivity contribution < 1.29 is 27.6 Å². The van der Waals surface area contributed by atoms with E-state index >= 15 is 0 Å². The monoisotopic (exact) mass is 449 g/mol. The first kappa shape index (κ1) is 22.8. The summed E-state index contributed by atoms with van der Waals surface area (Å²) in [5.74, 6) is 0.282. The zero-order chi connectivity index (χ0) is 23.8. The van der Waals surface area contributed by atoms with Gasteiger partial charge in [-0.25, -0.2) is 9.97 Å². The van der Waals surface area contributed by atoms with E-state index in [-0.39, 0.29) is 34.3 Å². The van der Waals surface area contributed by atoms with Crippen molar-refractivity contribution >= 4 is 28.3 Å². The van der Waals surface area contributed by atoms with E-state index in [0.29, 0.717) is 17.3 Å². The van der Waals surface area contributed by atoms with Gasteiger partial charge < -0.3 is 10.1 Å². The van der Waals surface area contributed by atoms with Gasteiger partial charge in [0.25, 0.3) is 5.69 Å². The molecule has 0 saturated carbocycles. The second-order valence-electron chi connectivity index (χ2n) is 7.03. The zero-order valence-electron chi connectivity index (χ0n) is 17.4. The molecule has 0 radical (unpaired) electrons. The van der Waals surface area contributed by atoms with E-state index < -0.39 is 28.4 Å². The predicted molar refractivity (Wildman–Crippen MR) is 109 cm³/mol. The number of aryl methyl sites for hydroxylation is 1. The minimum absolute atomic E-state index is 0.0317. The molecule has 1 atom stereocenters. The normalized spacial score (nSPS) is 12.5. The lowest BCUT2D eigenvalue weighted by atomic mass is 10.0. The van der Waals surface area contributed by atoms with E-state index in [1.165, 1.54) is 27.0 Å². The summed E-state index contributed by atoms with van der Waals surface area (Å²) in [6.45, 7) is 4.46. The average Bonchev–Trinajstić information content (AvgIpc) is 2.71. The van der Waals surface area contributed by atoms with Crippen molar-refractivity contribution in [2.45, 2.75) is 33.0 Å². The number of pyridine rings is 1. The number of carbonyl (C=O) groups excluding carboxylic acids is 1. The number of Topliss-reactive ketones (excluding diaryl/α,β-unsaturated/α-hetero) is 1. The first-order chi connectivity index (χ1) is 14.9. The number of hydrogen-bond acceptors (Lipinski definition) is 8. The molecule has 0 saturated heterocycles. The van der Waals surface area contributed by atoms with Gasteiger partial charge in [0.15, 0.2) is 11.4 Å². The van der Waals surface area contributed by atoms with Gasteiger partial charge in [0.2, 0.25) is 5.88 Å². The highest BCUT2D eigenvalue weighted by Gasteiger charge is 2.33. The molecule has 0 unspecified atom stereocenters. The Morgan fingerprint density at radius 3 is 2.44 bits per heavy atom. The molecule has 1 aromatic carbocycles. The van der Waals surface area contributed by atoms with Crippen LogP contribution in [-0.4, -0.2) is 32.8 Å². The Morgan fingerprint density at radius 2 is 1.88 bits per heavy atom. The molecule has 0 aliphatic rings. The van der Waals surface area contributed by atoms with Crippen LogP contribution < -0.4 is 10.1 Å². The van der Waals surface area contributed by atoms with Crippen molar-refractivity contribution in [3.8, 4) is 5.88 Å². The van der Waals surface area contributed by atoms with Gasteiger partial charge in [0.05, 0.1) is 34.6 Å². The van der Waals surface area contributed by atoms with Crippen molar-refractivity contribution in [1.29, 1.82) is 0 Å². The fraction of sp³-hybridized carbons (Fsp3) is 0.300. The number of hydrogen-bond donors (Lipinski definition) is 1. The summed E-state index contributed by atoms with van der Waals surface area (Å²) >= 11 is 0. The smallest absolute Gasteiger partial charge is 0.416 e. The topological polar surface area (TPSA) is 120 Å². The van der Waals surface area contributed by atoms with Crippen LogP contribution in [0.2, 0.25) is 0 Å². The minimum atomic E-state index is -4.75. The molecular weight excluding hydrogens is 431 g/mol. The van der Waals surface area contributed by atoms with Gasteiger partial charge in [-0.15, -0.1) is 0 Å². The largest absolute Gasteiger partial charge is 0.480 e. The summed E-state index contributed by atoms with van der Waals surface area (Å²) in [6.07, 6.45) is -4.75. The van der Waals surface area contributed by atoms with Crippen LogP contribution in [0.25, 0.3) is 11.0 Å². The Morgan fingerprint density at radius 1 is 1.19 bits per heavy atom. The second-order valence-corrected chi connectivity index (χ2v) is 7.03. The van der Waals surface area contributed by atoms with Crippen LogP contribution >= 0.6 is 0 Å². The van der Waals surface area contributed by atoms with Crippen LogP contribution in [0.3, 0.4) is 0 Å². The molecule has 3 rings (SSSR count).